The van der Waals surface area contributed by atoms with Gasteiger partial charge in [0.1, 0.15) is 0 Å². The van der Waals surface area contributed by atoms with Gasteiger partial charge in [0.2, 0.25) is 0 Å². The minimum Gasteiger partial charge on any atom is -0.315 e. The van der Waals surface area contributed by atoms with E-state index >= 15 is 0 Å². The van der Waals surface area contributed by atoms with Crippen LogP contribution in [0.1, 0.15) is 17.9 Å². The standard InChI is InChI=1S/C18H21NO2S/c20-22(21,17-9-5-2-6-10-17)12-11-19-14-16-13-18(16)15-7-3-1-4-8-15/h1-10,16,18-19H,11-14H2/t16-,18+/m0/s1. The molecule has 1 fully saturated rings. The third-order valence-electron chi connectivity index (χ3n) is 4.21. The van der Waals surface area contributed by atoms with E-state index in [-0.39, 0.29) is 5.75 Å². The Balaban J connectivity index is 1.42. The summed E-state index contributed by atoms with van der Waals surface area (Å²) in [5, 5.41) is 3.29. The highest BCUT2D eigenvalue weighted by molar-refractivity contribution is 7.91. The van der Waals surface area contributed by atoms with Crippen LogP contribution in [-0.2, 0) is 9.84 Å². The third kappa shape index (κ3) is 3.76. The van der Waals surface area contributed by atoms with Gasteiger partial charge in [0.25, 0.3) is 0 Å². The largest absolute Gasteiger partial charge is 0.315 e. The predicted octanol–water partition coefficient (Wildman–Crippen LogP) is 2.85. The Bertz CT molecular complexity index is 698. The molecule has 3 rings (SSSR count). The summed E-state index contributed by atoms with van der Waals surface area (Å²) >= 11 is 0. The van der Waals surface area contributed by atoms with E-state index in [0.29, 0.717) is 23.3 Å². The van der Waals surface area contributed by atoms with E-state index in [2.05, 4.69) is 29.6 Å². The Morgan fingerprint density at radius 3 is 2.27 bits per heavy atom. The van der Waals surface area contributed by atoms with Crippen molar-refractivity contribution >= 4 is 9.84 Å². The van der Waals surface area contributed by atoms with Gasteiger partial charge in [-0.2, -0.15) is 0 Å². The molecule has 0 aliphatic heterocycles. The highest BCUT2D eigenvalue weighted by Crippen LogP contribution is 2.46. The van der Waals surface area contributed by atoms with Gasteiger partial charge in [0, 0.05) is 6.54 Å². The molecule has 0 spiro atoms. The molecule has 2 aromatic carbocycles. The summed E-state index contributed by atoms with van der Waals surface area (Å²) in [7, 11) is -3.17. The Hall–Kier alpha value is -1.65. The molecule has 2 atom stereocenters. The summed E-state index contributed by atoms with van der Waals surface area (Å²) in [4.78, 5) is 0.408. The molecule has 4 heteroatoms. The second-order valence-electron chi connectivity index (χ2n) is 5.85. The van der Waals surface area contributed by atoms with Crippen LogP contribution in [0.25, 0.3) is 0 Å². The van der Waals surface area contributed by atoms with Gasteiger partial charge in [-0.25, -0.2) is 8.42 Å². The summed E-state index contributed by atoms with van der Waals surface area (Å²) in [6, 6.07) is 19.2. The molecule has 0 radical (unpaired) electrons. The van der Waals surface area contributed by atoms with Crippen molar-refractivity contribution in [2.45, 2.75) is 17.2 Å². The van der Waals surface area contributed by atoms with Gasteiger partial charge in [-0.05, 0) is 42.5 Å². The molecule has 2 aromatic rings. The molecule has 1 aliphatic rings. The van der Waals surface area contributed by atoms with Crippen molar-refractivity contribution in [3.8, 4) is 0 Å². The Morgan fingerprint density at radius 2 is 1.59 bits per heavy atom. The fraction of sp³-hybridized carbons (Fsp3) is 0.333. The molecule has 0 aromatic heterocycles. The fourth-order valence-electron chi connectivity index (χ4n) is 2.82. The van der Waals surface area contributed by atoms with Crippen molar-refractivity contribution < 1.29 is 8.42 Å². The maximum absolute atomic E-state index is 12.1. The minimum atomic E-state index is -3.17. The van der Waals surface area contributed by atoms with Gasteiger partial charge in [-0.3, -0.25) is 0 Å². The quantitative estimate of drug-likeness (QED) is 0.799. The van der Waals surface area contributed by atoms with E-state index in [1.807, 2.05) is 12.1 Å². The van der Waals surface area contributed by atoms with Gasteiger partial charge in [0.15, 0.2) is 9.84 Å². The van der Waals surface area contributed by atoms with Crippen LogP contribution in [0.5, 0.6) is 0 Å². The molecule has 1 N–H and O–H groups in total. The van der Waals surface area contributed by atoms with Gasteiger partial charge in [-0.15, -0.1) is 0 Å². The van der Waals surface area contributed by atoms with Gasteiger partial charge >= 0.3 is 0 Å². The molecule has 3 nitrogen and oxygen atoms in total. The normalized spacial score (nSPS) is 20.7. The summed E-state index contributed by atoms with van der Waals surface area (Å²) in [6.07, 6.45) is 1.20. The Morgan fingerprint density at radius 1 is 0.955 bits per heavy atom. The molecule has 22 heavy (non-hydrogen) atoms. The SMILES string of the molecule is O=S(=O)(CCNC[C@@H]1C[C@@H]1c1ccccc1)c1ccccc1. The molecule has 0 heterocycles. The van der Waals surface area contributed by atoms with E-state index < -0.39 is 9.84 Å². The van der Waals surface area contributed by atoms with E-state index in [9.17, 15) is 8.42 Å². The Labute approximate surface area is 132 Å². The topological polar surface area (TPSA) is 46.2 Å². The van der Waals surface area contributed by atoms with E-state index in [0.717, 1.165) is 6.54 Å². The first-order chi connectivity index (χ1) is 10.7. The molecule has 1 saturated carbocycles. The van der Waals surface area contributed by atoms with Crippen LogP contribution in [0.15, 0.2) is 65.6 Å². The average Bonchev–Trinajstić information content (AvgIpc) is 3.33. The van der Waals surface area contributed by atoms with Gasteiger partial charge in [0.05, 0.1) is 10.6 Å². The van der Waals surface area contributed by atoms with Crippen molar-refractivity contribution in [2.24, 2.45) is 5.92 Å². The lowest BCUT2D eigenvalue weighted by Crippen LogP contribution is -2.25. The average molecular weight is 315 g/mol. The number of sulfone groups is 1. The molecule has 0 amide bonds. The zero-order valence-corrected chi connectivity index (χ0v) is 13.3. The van der Waals surface area contributed by atoms with Crippen molar-refractivity contribution in [1.29, 1.82) is 0 Å². The van der Waals surface area contributed by atoms with Crippen LogP contribution < -0.4 is 5.32 Å². The van der Waals surface area contributed by atoms with Gasteiger partial charge < -0.3 is 5.32 Å². The third-order valence-corrected chi connectivity index (χ3v) is 5.94. The highest BCUT2D eigenvalue weighted by Gasteiger charge is 2.37. The number of hydrogen-bond acceptors (Lipinski definition) is 3. The zero-order valence-electron chi connectivity index (χ0n) is 12.5. The van der Waals surface area contributed by atoms with E-state index in [1.54, 1.807) is 24.3 Å². The first-order valence-corrected chi connectivity index (χ1v) is 9.35. The summed E-state index contributed by atoms with van der Waals surface area (Å²) in [5.41, 5.74) is 1.39. The summed E-state index contributed by atoms with van der Waals surface area (Å²) in [6.45, 7) is 1.40. The molecular weight excluding hydrogens is 294 g/mol. The summed E-state index contributed by atoms with van der Waals surface area (Å²) in [5.74, 6) is 1.43. The monoisotopic (exact) mass is 315 g/mol. The lowest BCUT2D eigenvalue weighted by atomic mass is 10.1. The maximum Gasteiger partial charge on any atom is 0.179 e. The van der Waals surface area contributed by atoms with E-state index in [4.69, 9.17) is 0 Å². The van der Waals surface area contributed by atoms with Crippen molar-refractivity contribution in [3.05, 3.63) is 66.2 Å². The Kier molecular flexibility index (Phi) is 4.60. The molecule has 116 valence electrons. The maximum atomic E-state index is 12.1. The smallest absolute Gasteiger partial charge is 0.179 e. The van der Waals surface area contributed by atoms with Crippen LogP contribution in [0.4, 0.5) is 0 Å². The zero-order chi connectivity index (χ0) is 15.4. The van der Waals surface area contributed by atoms with Crippen LogP contribution in [-0.4, -0.2) is 27.3 Å². The lowest BCUT2D eigenvalue weighted by molar-refractivity contribution is 0.587. The van der Waals surface area contributed by atoms with Crippen molar-refractivity contribution in [2.75, 3.05) is 18.8 Å². The first-order valence-electron chi connectivity index (χ1n) is 7.70. The van der Waals surface area contributed by atoms with Crippen molar-refractivity contribution in [3.63, 3.8) is 0 Å². The lowest BCUT2D eigenvalue weighted by Gasteiger charge is -2.06. The number of benzene rings is 2. The first kappa shape index (κ1) is 15.3. The molecule has 0 saturated heterocycles. The molecule has 0 bridgehead atoms. The number of nitrogens with one attached hydrogen (secondary N) is 1. The van der Waals surface area contributed by atoms with Crippen LogP contribution in [0.2, 0.25) is 0 Å². The van der Waals surface area contributed by atoms with Crippen molar-refractivity contribution in [1.82, 2.24) is 5.32 Å². The highest BCUT2D eigenvalue weighted by atomic mass is 32.2. The van der Waals surface area contributed by atoms with Crippen LogP contribution >= 0.6 is 0 Å². The second kappa shape index (κ2) is 6.63. The second-order valence-corrected chi connectivity index (χ2v) is 7.96. The van der Waals surface area contributed by atoms with E-state index in [1.165, 1.54) is 12.0 Å². The fourth-order valence-corrected chi connectivity index (χ4v) is 4.04. The van der Waals surface area contributed by atoms with Gasteiger partial charge in [-0.1, -0.05) is 48.5 Å². The van der Waals surface area contributed by atoms with Crippen LogP contribution in [0, 0.1) is 5.92 Å². The van der Waals surface area contributed by atoms with Crippen LogP contribution in [0.3, 0.4) is 0 Å². The molecular formula is C18H21NO2S. The molecule has 1 aliphatic carbocycles. The number of rotatable bonds is 7. The number of hydrogen-bond donors (Lipinski definition) is 1. The minimum absolute atomic E-state index is 0.153. The molecule has 0 unspecified atom stereocenters. The predicted molar refractivity (Wildman–Crippen MR) is 88.7 cm³/mol. The summed E-state index contributed by atoms with van der Waals surface area (Å²) < 4.78 is 24.3.